The minimum absolute atomic E-state index is 0.0687. The van der Waals surface area contributed by atoms with Crippen molar-refractivity contribution in [3.05, 3.63) is 106 Å². The van der Waals surface area contributed by atoms with E-state index in [1.165, 1.54) is 12.1 Å². The van der Waals surface area contributed by atoms with Crippen molar-refractivity contribution >= 4 is 28.0 Å². The Bertz CT molecular complexity index is 1600. The van der Waals surface area contributed by atoms with Crippen LogP contribution >= 0.6 is 0 Å². The number of aliphatic imine (C=N–C) groups is 1. The number of aromatic amines is 2. The largest absolute Gasteiger partial charge is 0.494 e. The number of H-pyrrole nitrogens is 2. The van der Waals surface area contributed by atoms with Crippen molar-refractivity contribution in [2.75, 3.05) is 6.54 Å². The van der Waals surface area contributed by atoms with Crippen LogP contribution in [0.3, 0.4) is 0 Å². The van der Waals surface area contributed by atoms with Crippen LogP contribution in [-0.4, -0.2) is 37.2 Å². The van der Waals surface area contributed by atoms with Gasteiger partial charge in [-0.2, -0.15) is 0 Å². The second-order valence-electron chi connectivity index (χ2n) is 8.68. The molecule has 5 rings (SSSR count). The number of non-ortho nitro benzene ring substituents is 1. The van der Waals surface area contributed by atoms with Crippen LogP contribution in [-0.2, 0) is 12.8 Å². The minimum Gasteiger partial charge on any atom is -0.494 e. The molecule has 0 atom stereocenters. The lowest BCUT2D eigenvalue weighted by molar-refractivity contribution is -0.384. The monoisotopic (exact) mass is 494 g/mol. The summed E-state index contributed by atoms with van der Waals surface area (Å²) in [5, 5.41) is 22.9. The molecule has 0 aliphatic rings. The number of hydrogen-bond acceptors (Lipinski definition) is 6. The van der Waals surface area contributed by atoms with Gasteiger partial charge in [-0.1, -0.05) is 43.3 Å². The number of fused-ring (bicyclic) bond motifs is 1. The Morgan fingerprint density at radius 3 is 2.49 bits per heavy atom. The molecular weight excluding hydrogens is 468 g/mol. The van der Waals surface area contributed by atoms with Crippen LogP contribution in [0.2, 0.25) is 0 Å². The van der Waals surface area contributed by atoms with Crippen molar-refractivity contribution in [2.45, 2.75) is 19.8 Å². The van der Waals surface area contributed by atoms with Crippen LogP contribution in [0.4, 0.5) is 11.4 Å². The van der Waals surface area contributed by atoms with E-state index < -0.39 is 4.92 Å². The van der Waals surface area contributed by atoms with Gasteiger partial charge >= 0.3 is 0 Å². The fourth-order valence-corrected chi connectivity index (χ4v) is 4.31. The van der Waals surface area contributed by atoms with Crippen molar-refractivity contribution in [3.8, 4) is 17.1 Å². The van der Waals surface area contributed by atoms with E-state index in [9.17, 15) is 15.2 Å². The minimum atomic E-state index is -0.455. The van der Waals surface area contributed by atoms with E-state index in [-0.39, 0.29) is 11.6 Å². The molecule has 0 bridgehead atoms. The van der Waals surface area contributed by atoms with E-state index >= 15 is 0 Å². The van der Waals surface area contributed by atoms with Crippen molar-refractivity contribution < 1.29 is 10.0 Å². The highest BCUT2D eigenvalue weighted by Gasteiger charge is 2.21. The third kappa shape index (κ3) is 4.85. The first kappa shape index (κ1) is 24.0. The molecule has 2 heterocycles. The summed E-state index contributed by atoms with van der Waals surface area (Å²) in [4.78, 5) is 26.5. The quantitative estimate of drug-likeness (QED) is 0.129. The molecule has 0 spiro atoms. The number of benzene rings is 3. The highest BCUT2D eigenvalue weighted by molar-refractivity contribution is 6.22. The lowest BCUT2D eigenvalue weighted by Gasteiger charge is -2.09. The summed E-state index contributed by atoms with van der Waals surface area (Å²) in [6.07, 6.45) is 3.37. The lowest BCUT2D eigenvalue weighted by atomic mass is 9.98. The van der Waals surface area contributed by atoms with Crippen LogP contribution in [0.15, 0.2) is 77.9 Å². The second-order valence-corrected chi connectivity index (χ2v) is 8.68. The van der Waals surface area contributed by atoms with Crippen LogP contribution in [0.5, 0.6) is 5.88 Å². The topological polar surface area (TPSA) is 146 Å². The van der Waals surface area contributed by atoms with Gasteiger partial charge in [-0.15, -0.1) is 0 Å². The smallest absolute Gasteiger partial charge is 0.270 e. The number of nitrogens with zero attached hydrogens (tertiary/aromatic N) is 3. The van der Waals surface area contributed by atoms with Gasteiger partial charge in [0.1, 0.15) is 5.82 Å². The summed E-state index contributed by atoms with van der Waals surface area (Å²) >= 11 is 0. The molecule has 5 aromatic rings. The molecule has 0 unspecified atom stereocenters. The third-order valence-electron chi connectivity index (χ3n) is 6.25. The van der Waals surface area contributed by atoms with Gasteiger partial charge in [-0.3, -0.25) is 10.1 Å². The average Bonchev–Trinajstić information content (AvgIpc) is 3.52. The molecule has 0 saturated heterocycles. The number of nitrogens with two attached hydrogens (primary N) is 1. The number of rotatable bonds is 8. The first-order valence-corrected chi connectivity index (χ1v) is 12.0. The summed E-state index contributed by atoms with van der Waals surface area (Å²) in [5.74, 6) is 0.808. The van der Waals surface area contributed by atoms with Gasteiger partial charge in [0.25, 0.3) is 5.69 Å². The Hall–Kier alpha value is -4.76. The Kier molecular flexibility index (Phi) is 6.53. The first-order chi connectivity index (χ1) is 18.0. The van der Waals surface area contributed by atoms with Crippen molar-refractivity contribution in [3.63, 3.8) is 0 Å². The molecule has 186 valence electrons. The molecule has 3 aromatic carbocycles. The molecule has 0 aliphatic carbocycles. The van der Waals surface area contributed by atoms with E-state index in [2.05, 4.69) is 15.0 Å². The van der Waals surface area contributed by atoms with Gasteiger partial charge in [-0.25, -0.2) is 9.98 Å². The van der Waals surface area contributed by atoms with Crippen molar-refractivity contribution in [2.24, 2.45) is 10.7 Å². The van der Waals surface area contributed by atoms with Crippen LogP contribution < -0.4 is 5.73 Å². The van der Waals surface area contributed by atoms with Crippen molar-refractivity contribution in [1.82, 2.24) is 15.0 Å². The number of nitrogens with one attached hydrogen (secondary N) is 2. The second kappa shape index (κ2) is 10.1. The lowest BCUT2D eigenvalue weighted by Crippen LogP contribution is -2.05. The molecule has 0 saturated carbocycles. The zero-order valence-electron chi connectivity index (χ0n) is 20.2. The van der Waals surface area contributed by atoms with Gasteiger partial charge in [-0.05, 0) is 42.3 Å². The summed E-state index contributed by atoms with van der Waals surface area (Å²) in [6.45, 7) is 2.58. The van der Waals surface area contributed by atoms with Crippen molar-refractivity contribution in [1.29, 1.82) is 0 Å². The predicted molar refractivity (Wildman–Crippen MR) is 145 cm³/mol. The molecule has 0 radical (unpaired) electrons. The average molecular weight is 495 g/mol. The van der Waals surface area contributed by atoms with E-state index in [4.69, 9.17) is 10.7 Å². The van der Waals surface area contributed by atoms with Crippen LogP contribution in [0, 0.1) is 10.1 Å². The van der Waals surface area contributed by atoms with E-state index in [1.807, 2.05) is 61.7 Å². The Labute approximate surface area is 212 Å². The number of aromatic nitrogens is 3. The summed E-state index contributed by atoms with van der Waals surface area (Å²) < 4.78 is 0. The SMILES string of the molecule is CCc1ncc(-c2ccc(N=C(c3ccc(CCN)cc3)c3c(O)[nH]c4ccc([N+](=O)[O-])cc34)cc2)[nH]1. The Balaban J connectivity index is 1.63. The van der Waals surface area contributed by atoms with Crippen LogP contribution in [0.25, 0.3) is 22.2 Å². The number of hydrogen-bond donors (Lipinski definition) is 4. The number of aromatic hydroxyl groups is 1. The fourth-order valence-electron chi connectivity index (χ4n) is 4.31. The molecule has 9 heteroatoms. The fraction of sp³-hybridized carbons (Fsp3) is 0.143. The van der Waals surface area contributed by atoms with Crippen LogP contribution in [0.1, 0.15) is 29.4 Å². The summed E-state index contributed by atoms with van der Waals surface area (Å²) in [6, 6.07) is 19.9. The first-order valence-electron chi connectivity index (χ1n) is 12.0. The van der Waals surface area contributed by atoms with E-state index in [0.29, 0.717) is 34.4 Å². The highest BCUT2D eigenvalue weighted by Crippen LogP contribution is 2.34. The maximum atomic E-state index is 11.4. The molecule has 5 N–H and O–H groups in total. The molecule has 0 fully saturated rings. The molecule has 37 heavy (non-hydrogen) atoms. The molecule has 2 aromatic heterocycles. The van der Waals surface area contributed by atoms with Gasteiger partial charge < -0.3 is 20.8 Å². The summed E-state index contributed by atoms with van der Waals surface area (Å²) in [5.41, 5.74) is 11.5. The molecule has 0 amide bonds. The van der Waals surface area contributed by atoms with Gasteiger partial charge in [0.2, 0.25) is 0 Å². The van der Waals surface area contributed by atoms with Gasteiger partial charge in [0.05, 0.1) is 33.8 Å². The molecular formula is C28H26N6O3. The summed E-state index contributed by atoms with van der Waals surface area (Å²) in [7, 11) is 0. The maximum absolute atomic E-state index is 11.4. The maximum Gasteiger partial charge on any atom is 0.270 e. The zero-order valence-corrected chi connectivity index (χ0v) is 20.2. The van der Waals surface area contributed by atoms with Gasteiger partial charge in [0.15, 0.2) is 5.88 Å². The number of imidazole rings is 1. The number of nitro benzene ring substituents is 1. The highest BCUT2D eigenvalue weighted by atomic mass is 16.6. The predicted octanol–water partition coefficient (Wildman–Crippen LogP) is 5.40. The Morgan fingerprint density at radius 1 is 1.08 bits per heavy atom. The third-order valence-corrected chi connectivity index (χ3v) is 6.25. The van der Waals surface area contributed by atoms with E-state index in [0.717, 1.165) is 41.1 Å². The molecule has 0 aliphatic heterocycles. The zero-order chi connectivity index (χ0) is 25.9. The number of aryl methyl sites for hydroxylation is 1. The van der Waals surface area contributed by atoms with E-state index in [1.54, 1.807) is 6.07 Å². The van der Waals surface area contributed by atoms with Gasteiger partial charge in [0, 0.05) is 35.0 Å². The number of nitro groups is 1. The normalized spacial score (nSPS) is 11.8. The Morgan fingerprint density at radius 2 is 1.84 bits per heavy atom. The molecule has 9 nitrogen and oxygen atoms in total. The standard InChI is InChI=1S/C28H26N6O3/c1-2-25-30-16-24(32-25)18-7-9-20(10-8-18)31-27(19-5-3-17(4-6-19)13-14-29)26-22-15-21(34(36)37)11-12-23(22)33-28(26)35/h3-12,15-16,33,35H,2,13-14,29H2,1H3,(H,30,32).